The Morgan fingerprint density at radius 2 is 1.69 bits per heavy atom. The highest BCUT2D eigenvalue weighted by molar-refractivity contribution is 7.88. The summed E-state index contributed by atoms with van der Waals surface area (Å²) in [6, 6.07) is 0. The molecule has 0 saturated carbocycles. The van der Waals surface area contributed by atoms with Crippen LogP contribution >= 0.6 is 0 Å². The van der Waals surface area contributed by atoms with Gasteiger partial charge in [0, 0.05) is 26.2 Å². The molecule has 1 amide bonds. The zero-order chi connectivity index (χ0) is 10.1. The molecule has 0 aromatic rings. The number of piperazine rings is 1. The molecule has 0 atom stereocenters. The van der Waals surface area contributed by atoms with Crippen LogP contribution in [0.4, 0.5) is 4.79 Å². The highest BCUT2D eigenvalue weighted by Gasteiger charge is 2.25. The van der Waals surface area contributed by atoms with Gasteiger partial charge >= 0.3 is 6.09 Å². The lowest BCUT2D eigenvalue weighted by Gasteiger charge is -2.31. The molecule has 0 aromatic carbocycles. The van der Waals surface area contributed by atoms with Crippen molar-refractivity contribution in [1.82, 2.24) is 9.21 Å². The van der Waals surface area contributed by atoms with E-state index in [1.54, 1.807) is 0 Å². The van der Waals surface area contributed by atoms with Crippen LogP contribution < -0.4 is 0 Å². The summed E-state index contributed by atoms with van der Waals surface area (Å²) >= 11 is 0. The average Bonchev–Trinajstić information content (AvgIpc) is 2.03. The fourth-order valence-corrected chi connectivity index (χ4v) is 2.04. The normalized spacial score (nSPS) is 20.2. The van der Waals surface area contributed by atoms with E-state index in [4.69, 9.17) is 5.11 Å². The molecule has 6 nitrogen and oxygen atoms in total. The Hall–Kier alpha value is -0.820. The lowest BCUT2D eigenvalue weighted by atomic mass is 10.4. The summed E-state index contributed by atoms with van der Waals surface area (Å²) in [6.07, 6.45) is 0.136. The average molecular weight is 208 g/mol. The van der Waals surface area contributed by atoms with E-state index in [9.17, 15) is 13.2 Å². The maximum Gasteiger partial charge on any atom is 0.407 e. The maximum absolute atomic E-state index is 11.0. The standard InChI is InChI=1S/C6H12N2O4S/c1-13(11,12)8-4-2-7(3-5-8)6(9)10/h2-5H2,1H3,(H,9,10). The van der Waals surface area contributed by atoms with E-state index in [-0.39, 0.29) is 26.2 Å². The third kappa shape index (κ3) is 2.56. The second-order valence-electron chi connectivity index (χ2n) is 2.93. The summed E-state index contributed by atoms with van der Waals surface area (Å²) < 4.78 is 23.3. The van der Waals surface area contributed by atoms with Gasteiger partial charge in [-0.25, -0.2) is 13.2 Å². The van der Waals surface area contributed by atoms with Crippen LogP contribution in [0.5, 0.6) is 0 Å². The van der Waals surface area contributed by atoms with Gasteiger partial charge in [-0.2, -0.15) is 4.31 Å². The van der Waals surface area contributed by atoms with Crippen molar-refractivity contribution in [1.29, 1.82) is 0 Å². The van der Waals surface area contributed by atoms with E-state index in [1.807, 2.05) is 0 Å². The number of hydrogen-bond acceptors (Lipinski definition) is 3. The third-order valence-electron chi connectivity index (χ3n) is 1.98. The number of carboxylic acid groups (broad SMARTS) is 1. The van der Waals surface area contributed by atoms with E-state index >= 15 is 0 Å². The van der Waals surface area contributed by atoms with Crippen molar-refractivity contribution in [2.24, 2.45) is 0 Å². The lowest BCUT2D eigenvalue weighted by molar-refractivity contribution is 0.126. The predicted octanol–water partition coefficient (Wildman–Crippen LogP) is -0.758. The van der Waals surface area contributed by atoms with Crippen LogP contribution in [0.2, 0.25) is 0 Å². The van der Waals surface area contributed by atoms with Crippen LogP contribution in [0.15, 0.2) is 0 Å². The third-order valence-corrected chi connectivity index (χ3v) is 3.28. The van der Waals surface area contributed by atoms with Crippen molar-refractivity contribution in [3.05, 3.63) is 0 Å². The van der Waals surface area contributed by atoms with E-state index in [2.05, 4.69) is 0 Å². The van der Waals surface area contributed by atoms with E-state index in [0.29, 0.717) is 0 Å². The van der Waals surface area contributed by atoms with Gasteiger partial charge in [-0.1, -0.05) is 0 Å². The minimum atomic E-state index is -3.16. The predicted molar refractivity (Wildman–Crippen MR) is 46.0 cm³/mol. The van der Waals surface area contributed by atoms with Gasteiger partial charge in [0.25, 0.3) is 0 Å². The molecular formula is C6H12N2O4S. The monoisotopic (exact) mass is 208 g/mol. The van der Waals surface area contributed by atoms with Gasteiger partial charge in [0.2, 0.25) is 10.0 Å². The van der Waals surface area contributed by atoms with Gasteiger partial charge in [0.1, 0.15) is 0 Å². The topological polar surface area (TPSA) is 77.9 Å². The lowest BCUT2D eigenvalue weighted by Crippen LogP contribution is -2.49. The van der Waals surface area contributed by atoms with E-state index in [0.717, 1.165) is 6.26 Å². The summed E-state index contributed by atoms with van der Waals surface area (Å²) in [5.41, 5.74) is 0. The number of hydrogen-bond donors (Lipinski definition) is 1. The summed E-state index contributed by atoms with van der Waals surface area (Å²) in [7, 11) is -3.16. The second kappa shape index (κ2) is 3.51. The first-order valence-electron chi connectivity index (χ1n) is 3.84. The molecule has 1 saturated heterocycles. The van der Waals surface area contributed by atoms with Crippen LogP contribution in [0.3, 0.4) is 0 Å². The number of sulfonamides is 1. The minimum absolute atomic E-state index is 0.252. The van der Waals surface area contributed by atoms with Crippen molar-refractivity contribution >= 4 is 16.1 Å². The molecule has 13 heavy (non-hydrogen) atoms. The molecule has 1 heterocycles. The van der Waals surface area contributed by atoms with Gasteiger partial charge in [-0.3, -0.25) is 0 Å². The first kappa shape index (κ1) is 10.3. The molecule has 76 valence electrons. The van der Waals surface area contributed by atoms with Crippen molar-refractivity contribution in [2.45, 2.75) is 0 Å². The first-order valence-corrected chi connectivity index (χ1v) is 5.69. The number of amides is 1. The number of rotatable bonds is 1. The van der Waals surface area contributed by atoms with Gasteiger partial charge in [0.05, 0.1) is 6.26 Å². The van der Waals surface area contributed by atoms with Crippen LogP contribution in [0.1, 0.15) is 0 Å². The summed E-state index contributed by atoms with van der Waals surface area (Å²) in [5, 5.41) is 8.59. The van der Waals surface area contributed by atoms with Gasteiger partial charge < -0.3 is 10.0 Å². The van der Waals surface area contributed by atoms with Crippen molar-refractivity contribution in [3.8, 4) is 0 Å². The van der Waals surface area contributed by atoms with Gasteiger partial charge in [-0.05, 0) is 0 Å². The SMILES string of the molecule is CS(=O)(=O)N1CCN(C(=O)O)CC1. The summed E-state index contributed by atoms with van der Waals surface area (Å²) in [6.45, 7) is 1.01. The quantitative estimate of drug-likeness (QED) is 0.614. The highest BCUT2D eigenvalue weighted by atomic mass is 32.2. The minimum Gasteiger partial charge on any atom is -0.465 e. The molecule has 0 spiro atoms. The molecule has 7 heteroatoms. The molecule has 1 aliphatic heterocycles. The van der Waals surface area contributed by atoms with Crippen LogP contribution in [-0.4, -0.2) is 61.3 Å². The van der Waals surface area contributed by atoms with E-state index in [1.165, 1.54) is 9.21 Å². The Balaban J connectivity index is 2.53. The smallest absolute Gasteiger partial charge is 0.407 e. The molecule has 0 radical (unpaired) electrons. The Kier molecular flexibility index (Phi) is 2.77. The van der Waals surface area contributed by atoms with Crippen molar-refractivity contribution in [3.63, 3.8) is 0 Å². The van der Waals surface area contributed by atoms with Crippen LogP contribution in [0.25, 0.3) is 0 Å². The number of carbonyl (C=O) groups is 1. The second-order valence-corrected chi connectivity index (χ2v) is 4.91. The molecule has 0 aromatic heterocycles. The first-order chi connectivity index (χ1) is 5.91. The summed E-state index contributed by atoms with van der Waals surface area (Å²) in [4.78, 5) is 11.7. The van der Waals surface area contributed by atoms with Crippen LogP contribution in [0, 0.1) is 0 Å². The molecule has 0 aliphatic carbocycles. The molecule has 1 aliphatic rings. The Bertz CT molecular complexity index is 292. The molecule has 1 fully saturated rings. The maximum atomic E-state index is 11.0. The Morgan fingerprint density at radius 3 is 2.00 bits per heavy atom. The van der Waals surface area contributed by atoms with Crippen molar-refractivity contribution in [2.75, 3.05) is 32.4 Å². The largest absolute Gasteiger partial charge is 0.465 e. The number of nitrogens with zero attached hydrogens (tertiary/aromatic N) is 2. The van der Waals surface area contributed by atoms with Gasteiger partial charge in [-0.15, -0.1) is 0 Å². The molecular weight excluding hydrogens is 196 g/mol. The fraction of sp³-hybridized carbons (Fsp3) is 0.833. The Morgan fingerprint density at radius 1 is 1.23 bits per heavy atom. The Labute approximate surface area is 76.8 Å². The fourth-order valence-electron chi connectivity index (χ4n) is 1.21. The van der Waals surface area contributed by atoms with Gasteiger partial charge in [0.15, 0.2) is 0 Å². The summed E-state index contributed by atoms with van der Waals surface area (Å²) in [5.74, 6) is 0. The highest BCUT2D eigenvalue weighted by Crippen LogP contribution is 2.05. The van der Waals surface area contributed by atoms with Crippen LogP contribution in [-0.2, 0) is 10.0 Å². The van der Waals surface area contributed by atoms with E-state index < -0.39 is 16.1 Å². The molecule has 1 N–H and O–H groups in total. The molecule has 1 rings (SSSR count). The zero-order valence-electron chi connectivity index (χ0n) is 7.30. The molecule has 0 unspecified atom stereocenters. The van der Waals surface area contributed by atoms with Crippen molar-refractivity contribution < 1.29 is 18.3 Å². The molecule has 0 bridgehead atoms. The zero-order valence-corrected chi connectivity index (χ0v) is 8.12.